The van der Waals surface area contributed by atoms with Crippen molar-refractivity contribution in [1.29, 1.82) is 0 Å². The molecular formula is C20H23BrN2. The molecule has 0 aliphatic rings. The van der Waals surface area contributed by atoms with E-state index in [2.05, 4.69) is 76.3 Å². The fourth-order valence-corrected chi connectivity index (χ4v) is 2.73. The number of benzene rings is 2. The number of nitrogens with zero attached hydrogens (tertiary/aromatic N) is 1. The number of anilines is 2. The van der Waals surface area contributed by atoms with Crippen LogP contribution >= 0.6 is 15.9 Å². The van der Waals surface area contributed by atoms with E-state index in [1.807, 2.05) is 25.1 Å². The van der Waals surface area contributed by atoms with E-state index in [1.54, 1.807) is 0 Å². The van der Waals surface area contributed by atoms with Crippen LogP contribution < -0.4 is 10.6 Å². The van der Waals surface area contributed by atoms with Gasteiger partial charge < -0.3 is 10.6 Å². The highest BCUT2D eigenvalue weighted by Gasteiger charge is 2.13. The number of hydrogen-bond donors (Lipinski definition) is 1. The molecule has 2 rings (SSSR count). The Hall–Kier alpha value is -2.00. The summed E-state index contributed by atoms with van der Waals surface area (Å²) in [6.45, 7) is 4.96. The van der Waals surface area contributed by atoms with E-state index in [-0.39, 0.29) is 0 Å². The summed E-state index contributed by atoms with van der Waals surface area (Å²) in [6.07, 6.45) is 7.40. The van der Waals surface area contributed by atoms with E-state index in [0.717, 1.165) is 34.5 Å². The van der Waals surface area contributed by atoms with Crippen molar-refractivity contribution in [3.63, 3.8) is 0 Å². The Morgan fingerprint density at radius 2 is 1.83 bits per heavy atom. The molecule has 0 saturated heterocycles. The van der Waals surface area contributed by atoms with Crippen molar-refractivity contribution < 1.29 is 0 Å². The van der Waals surface area contributed by atoms with Gasteiger partial charge in [0.2, 0.25) is 0 Å². The Morgan fingerprint density at radius 3 is 2.43 bits per heavy atom. The number of para-hydroxylation sites is 2. The molecule has 0 spiro atoms. The van der Waals surface area contributed by atoms with Crippen molar-refractivity contribution in [3.8, 4) is 0 Å². The first-order valence-electron chi connectivity index (χ1n) is 7.85. The third kappa shape index (κ3) is 4.73. The highest BCUT2D eigenvalue weighted by molar-refractivity contribution is 9.10. The van der Waals surface area contributed by atoms with E-state index in [1.165, 1.54) is 5.56 Å². The Balaban J connectivity index is 2.44. The molecule has 0 fully saturated rings. The molecule has 23 heavy (non-hydrogen) atoms. The Kier molecular flexibility index (Phi) is 6.48. The average molecular weight is 371 g/mol. The van der Waals surface area contributed by atoms with Gasteiger partial charge in [-0.1, -0.05) is 59.3 Å². The third-order valence-corrected chi connectivity index (χ3v) is 4.07. The number of nitrogens with two attached hydrogens (primary N) is 1. The largest absolute Gasteiger partial charge is 0.397 e. The minimum Gasteiger partial charge on any atom is -0.397 e. The lowest BCUT2D eigenvalue weighted by Crippen LogP contribution is -2.22. The van der Waals surface area contributed by atoms with Crippen molar-refractivity contribution in [2.45, 2.75) is 26.8 Å². The highest BCUT2D eigenvalue weighted by atomic mass is 79.9. The molecule has 2 aromatic carbocycles. The van der Waals surface area contributed by atoms with Crippen LogP contribution in [0.4, 0.5) is 11.4 Å². The van der Waals surface area contributed by atoms with Crippen LogP contribution in [0.2, 0.25) is 0 Å². The summed E-state index contributed by atoms with van der Waals surface area (Å²) < 4.78 is 1.09. The Bertz CT molecular complexity index is 687. The van der Waals surface area contributed by atoms with Crippen molar-refractivity contribution in [2.24, 2.45) is 0 Å². The van der Waals surface area contributed by atoms with E-state index in [0.29, 0.717) is 0 Å². The standard InChI is InChI=1S/C20H23BrN2/c1-3-7-18(8-4-2)23(20-10-6-5-9-19(20)22)15-16-11-13-17(21)14-12-16/h3,5-14H,4,15,22H2,1-2H3/b7-3-,18-8+. The molecule has 0 unspecified atom stereocenters. The minimum absolute atomic E-state index is 0.775. The molecule has 0 aliphatic carbocycles. The van der Waals surface area contributed by atoms with Gasteiger partial charge in [0.1, 0.15) is 0 Å². The second-order valence-electron chi connectivity index (χ2n) is 5.31. The third-order valence-electron chi connectivity index (χ3n) is 3.54. The lowest BCUT2D eigenvalue weighted by molar-refractivity contribution is 0.925. The molecule has 0 amide bonds. The van der Waals surface area contributed by atoms with Gasteiger partial charge >= 0.3 is 0 Å². The second-order valence-corrected chi connectivity index (χ2v) is 6.22. The van der Waals surface area contributed by atoms with Crippen molar-refractivity contribution in [2.75, 3.05) is 10.6 Å². The van der Waals surface area contributed by atoms with E-state index < -0.39 is 0 Å². The molecule has 0 atom stereocenters. The predicted molar refractivity (Wildman–Crippen MR) is 104 cm³/mol. The lowest BCUT2D eigenvalue weighted by atomic mass is 10.1. The number of halogens is 1. The summed E-state index contributed by atoms with van der Waals surface area (Å²) in [4.78, 5) is 2.27. The average Bonchev–Trinajstić information content (AvgIpc) is 2.55. The van der Waals surface area contributed by atoms with Gasteiger partial charge in [0.15, 0.2) is 0 Å². The predicted octanol–water partition coefficient (Wildman–Crippen LogP) is 5.91. The SMILES string of the molecule is C/C=C\C(=C/CC)N(Cc1ccc(Br)cc1)c1ccccc1N. The molecule has 2 nitrogen and oxygen atoms in total. The molecule has 2 N–H and O–H groups in total. The van der Waals surface area contributed by atoms with Crippen molar-refractivity contribution in [3.05, 3.63) is 82.5 Å². The smallest absolute Gasteiger partial charge is 0.0647 e. The summed E-state index contributed by atoms with van der Waals surface area (Å²) in [5, 5.41) is 0. The van der Waals surface area contributed by atoms with Crippen LogP contribution in [0.25, 0.3) is 0 Å². The fraction of sp³-hybridized carbons (Fsp3) is 0.200. The first kappa shape index (κ1) is 17.4. The van der Waals surface area contributed by atoms with Crippen molar-refractivity contribution >= 4 is 27.3 Å². The van der Waals surface area contributed by atoms with Crippen LogP contribution in [0.1, 0.15) is 25.8 Å². The number of rotatable bonds is 6. The lowest BCUT2D eigenvalue weighted by Gasteiger charge is -2.27. The highest BCUT2D eigenvalue weighted by Crippen LogP contribution is 2.29. The van der Waals surface area contributed by atoms with Crippen molar-refractivity contribution in [1.82, 2.24) is 0 Å². The molecule has 0 radical (unpaired) electrons. The summed E-state index contributed by atoms with van der Waals surface area (Å²) in [7, 11) is 0. The summed E-state index contributed by atoms with van der Waals surface area (Å²) in [5.41, 5.74) is 10.5. The van der Waals surface area contributed by atoms with Gasteiger partial charge in [0, 0.05) is 16.7 Å². The molecule has 0 aliphatic heterocycles. The van der Waals surface area contributed by atoms with Crippen LogP contribution in [-0.4, -0.2) is 0 Å². The molecular weight excluding hydrogens is 348 g/mol. The summed E-state index contributed by atoms with van der Waals surface area (Å²) in [5.74, 6) is 0. The Labute approximate surface area is 147 Å². The maximum Gasteiger partial charge on any atom is 0.0647 e. The van der Waals surface area contributed by atoms with Gasteiger partial charge in [0.05, 0.1) is 11.4 Å². The number of allylic oxidation sites excluding steroid dienone is 3. The maximum atomic E-state index is 6.23. The van der Waals surface area contributed by atoms with Gasteiger partial charge in [-0.25, -0.2) is 0 Å². The van der Waals surface area contributed by atoms with Crippen LogP contribution in [0, 0.1) is 0 Å². The molecule has 0 heterocycles. The minimum atomic E-state index is 0.775. The molecule has 0 saturated carbocycles. The van der Waals surface area contributed by atoms with Gasteiger partial charge in [-0.3, -0.25) is 0 Å². The Morgan fingerprint density at radius 1 is 1.13 bits per heavy atom. The first-order chi connectivity index (χ1) is 11.2. The van der Waals surface area contributed by atoms with Crippen LogP contribution in [0.3, 0.4) is 0 Å². The zero-order chi connectivity index (χ0) is 16.7. The summed E-state index contributed by atoms with van der Waals surface area (Å²) in [6, 6.07) is 16.4. The van der Waals surface area contributed by atoms with Gasteiger partial charge in [0.25, 0.3) is 0 Å². The topological polar surface area (TPSA) is 29.3 Å². The monoisotopic (exact) mass is 370 g/mol. The zero-order valence-electron chi connectivity index (χ0n) is 13.7. The maximum absolute atomic E-state index is 6.23. The van der Waals surface area contributed by atoms with E-state index in [4.69, 9.17) is 5.73 Å². The second kappa shape index (κ2) is 8.59. The first-order valence-corrected chi connectivity index (χ1v) is 8.64. The molecule has 120 valence electrons. The molecule has 0 bridgehead atoms. The van der Waals surface area contributed by atoms with Gasteiger partial charge in [-0.15, -0.1) is 0 Å². The van der Waals surface area contributed by atoms with Gasteiger partial charge in [-0.05, 0) is 49.2 Å². The van der Waals surface area contributed by atoms with E-state index in [9.17, 15) is 0 Å². The van der Waals surface area contributed by atoms with Crippen LogP contribution in [0.5, 0.6) is 0 Å². The van der Waals surface area contributed by atoms with E-state index >= 15 is 0 Å². The fourth-order valence-electron chi connectivity index (χ4n) is 2.47. The van der Waals surface area contributed by atoms with Crippen LogP contribution in [-0.2, 0) is 6.54 Å². The normalized spacial score (nSPS) is 11.9. The molecule has 3 heteroatoms. The summed E-state index contributed by atoms with van der Waals surface area (Å²) >= 11 is 3.49. The number of hydrogen-bond acceptors (Lipinski definition) is 2. The molecule has 2 aromatic rings. The van der Waals surface area contributed by atoms with Crippen LogP contribution in [0.15, 0.2) is 76.9 Å². The number of nitrogen functional groups attached to an aromatic ring is 1. The van der Waals surface area contributed by atoms with Gasteiger partial charge in [-0.2, -0.15) is 0 Å². The molecule has 0 aromatic heterocycles. The zero-order valence-corrected chi connectivity index (χ0v) is 15.3. The quantitative estimate of drug-likeness (QED) is 0.505.